The van der Waals surface area contributed by atoms with Gasteiger partial charge in [-0.15, -0.1) is 0 Å². The van der Waals surface area contributed by atoms with Crippen molar-refractivity contribution in [2.45, 2.75) is 6.92 Å². The van der Waals surface area contributed by atoms with E-state index in [0.717, 1.165) is 5.56 Å². The SMILES string of the molecule is CCOc1cccc(-c2cc(C(=O)O)c3cccc(OC)c3n2)c1. The van der Waals surface area contributed by atoms with Gasteiger partial charge in [-0.05, 0) is 31.2 Å². The molecule has 122 valence electrons. The Morgan fingerprint density at radius 2 is 1.96 bits per heavy atom. The van der Waals surface area contributed by atoms with Gasteiger partial charge in [-0.3, -0.25) is 0 Å². The second kappa shape index (κ2) is 6.58. The minimum absolute atomic E-state index is 0.190. The number of methoxy groups -OCH3 is 1. The maximum absolute atomic E-state index is 11.7. The van der Waals surface area contributed by atoms with Crippen molar-refractivity contribution in [1.29, 1.82) is 0 Å². The molecule has 3 aromatic rings. The third-order valence-corrected chi connectivity index (χ3v) is 3.69. The van der Waals surface area contributed by atoms with Crippen molar-refractivity contribution in [2.75, 3.05) is 13.7 Å². The van der Waals surface area contributed by atoms with E-state index in [4.69, 9.17) is 9.47 Å². The van der Waals surface area contributed by atoms with E-state index in [1.807, 2.05) is 31.2 Å². The summed E-state index contributed by atoms with van der Waals surface area (Å²) in [5, 5.41) is 10.1. The van der Waals surface area contributed by atoms with Gasteiger partial charge in [0.1, 0.15) is 17.0 Å². The summed E-state index contributed by atoms with van der Waals surface area (Å²) in [6.07, 6.45) is 0. The fraction of sp³-hybridized carbons (Fsp3) is 0.158. The van der Waals surface area contributed by atoms with Crippen molar-refractivity contribution in [3.8, 4) is 22.8 Å². The molecule has 0 radical (unpaired) electrons. The molecule has 0 aliphatic rings. The van der Waals surface area contributed by atoms with Crippen LogP contribution in [0.4, 0.5) is 0 Å². The summed E-state index contributed by atoms with van der Waals surface area (Å²) < 4.78 is 10.8. The molecule has 2 aromatic carbocycles. The molecule has 1 N–H and O–H groups in total. The number of hydrogen-bond donors (Lipinski definition) is 1. The van der Waals surface area contributed by atoms with Crippen molar-refractivity contribution < 1.29 is 19.4 Å². The Morgan fingerprint density at radius 1 is 1.17 bits per heavy atom. The van der Waals surface area contributed by atoms with Crippen LogP contribution in [0, 0.1) is 0 Å². The van der Waals surface area contributed by atoms with E-state index >= 15 is 0 Å². The van der Waals surface area contributed by atoms with Gasteiger partial charge in [-0.25, -0.2) is 9.78 Å². The molecule has 0 aliphatic heterocycles. The predicted molar refractivity (Wildman–Crippen MR) is 91.9 cm³/mol. The maximum atomic E-state index is 11.7. The molecule has 0 spiro atoms. The molecule has 0 aliphatic carbocycles. The molecule has 0 amide bonds. The lowest BCUT2D eigenvalue weighted by Crippen LogP contribution is -2.01. The summed E-state index contributed by atoms with van der Waals surface area (Å²) >= 11 is 0. The summed E-state index contributed by atoms with van der Waals surface area (Å²) in [5.41, 5.74) is 2.06. The van der Waals surface area contributed by atoms with Crippen molar-refractivity contribution >= 4 is 16.9 Å². The summed E-state index contributed by atoms with van der Waals surface area (Å²) in [6.45, 7) is 2.47. The molecule has 1 heterocycles. The quantitative estimate of drug-likeness (QED) is 0.768. The molecular weight excluding hydrogens is 306 g/mol. The molecule has 0 saturated heterocycles. The van der Waals surface area contributed by atoms with Gasteiger partial charge in [0.15, 0.2) is 0 Å². The number of hydrogen-bond acceptors (Lipinski definition) is 4. The van der Waals surface area contributed by atoms with Crippen LogP contribution < -0.4 is 9.47 Å². The number of carbonyl (C=O) groups is 1. The summed E-state index contributed by atoms with van der Waals surface area (Å²) in [5.74, 6) is 0.254. The van der Waals surface area contributed by atoms with Gasteiger partial charge in [-0.1, -0.05) is 24.3 Å². The molecule has 0 saturated carbocycles. The van der Waals surface area contributed by atoms with Crippen molar-refractivity contribution in [2.24, 2.45) is 0 Å². The highest BCUT2D eigenvalue weighted by Gasteiger charge is 2.15. The van der Waals surface area contributed by atoms with E-state index in [2.05, 4.69) is 4.98 Å². The number of para-hydroxylation sites is 1. The molecule has 5 nitrogen and oxygen atoms in total. The highest BCUT2D eigenvalue weighted by Crippen LogP contribution is 2.31. The minimum atomic E-state index is -1.00. The van der Waals surface area contributed by atoms with E-state index in [1.165, 1.54) is 0 Å². The Morgan fingerprint density at radius 3 is 2.67 bits per heavy atom. The zero-order valence-electron chi connectivity index (χ0n) is 13.4. The second-order valence-electron chi connectivity index (χ2n) is 5.18. The van der Waals surface area contributed by atoms with Crippen molar-refractivity contribution in [3.05, 3.63) is 54.1 Å². The minimum Gasteiger partial charge on any atom is -0.494 e. The highest BCUT2D eigenvalue weighted by atomic mass is 16.5. The van der Waals surface area contributed by atoms with E-state index in [1.54, 1.807) is 31.4 Å². The van der Waals surface area contributed by atoms with Crippen molar-refractivity contribution in [3.63, 3.8) is 0 Å². The fourth-order valence-corrected chi connectivity index (χ4v) is 2.62. The summed E-state index contributed by atoms with van der Waals surface area (Å²) in [7, 11) is 1.54. The van der Waals surface area contributed by atoms with Gasteiger partial charge in [-0.2, -0.15) is 0 Å². The largest absolute Gasteiger partial charge is 0.494 e. The van der Waals surface area contributed by atoms with Crippen LogP contribution in [0.25, 0.3) is 22.2 Å². The summed E-state index contributed by atoms with van der Waals surface area (Å²) in [6, 6.07) is 14.3. The first-order valence-electron chi connectivity index (χ1n) is 7.58. The standard InChI is InChI=1S/C19H17NO4/c1-3-24-13-7-4-6-12(10-13)16-11-15(19(21)22)14-8-5-9-17(23-2)18(14)20-16/h4-11H,3H2,1-2H3,(H,21,22). The lowest BCUT2D eigenvalue weighted by atomic mass is 10.0. The lowest BCUT2D eigenvalue weighted by Gasteiger charge is -2.11. The second-order valence-corrected chi connectivity index (χ2v) is 5.18. The van der Waals surface area contributed by atoms with E-state index in [9.17, 15) is 9.90 Å². The molecule has 5 heteroatoms. The van der Waals surface area contributed by atoms with Crippen LogP contribution in [0.5, 0.6) is 11.5 Å². The molecule has 1 aromatic heterocycles. The van der Waals surface area contributed by atoms with Crippen LogP contribution in [0.15, 0.2) is 48.5 Å². The monoisotopic (exact) mass is 323 g/mol. The topological polar surface area (TPSA) is 68.7 Å². The Labute approximate surface area is 139 Å². The number of aromatic carboxylic acids is 1. The fourth-order valence-electron chi connectivity index (χ4n) is 2.62. The highest BCUT2D eigenvalue weighted by molar-refractivity contribution is 6.05. The van der Waals surface area contributed by atoms with Crippen LogP contribution in [-0.4, -0.2) is 29.8 Å². The maximum Gasteiger partial charge on any atom is 0.336 e. The molecule has 0 atom stereocenters. The molecule has 0 unspecified atom stereocenters. The zero-order chi connectivity index (χ0) is 17.1. The van der Waals surface area contributed by atoms with Gasteiger partial charge in [0, 0.05) is 10.9 Å². The van der Waals surface area contributed by atoms with Crippen LogP contribution in [0.1, 0.15) is 17.3 Å². The lowest BCUT2D eigenvalue weighted by molar-refractivity contribution is 0.0699. The van der Waals surface area contributed by atoms with E-state index < -0.39 is 5.97 Å². The first-order valence-corrected chi connectivity index (χ1v) is 7.58. The van der Waals surface area contributed by atoms with Gasteiger partial charge in [0.2, 0.25) is 0 Å². The first-order chi connectivity index (χ1) is 11.6. The first kappa shape index (κ1) is 15.8. The smallest absolute Gasteiger partial charge is 0.336 e. The van der Waals surface area contributed by atoms with E-state index in [0.29, 0.717) is 34.7 Å². The number of pyridine rings is 1. The Bertz CT molecular complexity index is 905. The summed E-state index contributed by atoms with van der Waals surface area (Å²) in [4.78, 5) is 16.3. The zero-order valence-corrected chi connectivity index (χ0v) is 13.4. The van der Waals surface area contributed by atoms with Gasteiger partial charge in [0.05, 0.1) is 25.0 Å². The molecular formula is C19H17NO4. The van der Waals surface area contributed by atoms with Crippen LogP contribution >= 0.6 is 0 Å². The number of benzene rings is 2. The number of carboxylic acids is 1. The van der Waals surface area contributed by atoms with Crippen LogP contribution in [0.2, 0.25) is 0 Å². The van der Waals surface area contributed by atoms with Gasteiger partial charge < -0.3 is 14.6 Å². The number of fused-ring (bicyclic) bond motifs is 1. The van der Waals surface area contributed by atoms with Gasteiger partial charge >= 0.3 is 5.97 Å². The molecule has 24 heavy (non-hydrogen) atoms. The third-order valence-electron chi connectivity index (χ3n) is 3.69. The molecule has 3 rings (SSSR count). The van der Waals surface area contributed by atoms with Crippen LogP contribution in [-0.2, 0) is 0 Å². The molecule has 0 fully saturated rings. The Hall–Kier alpha value is -3.08. The number of aromatic nitrogens is 1. The number of rotatable bonds is 5. The number of ether oxygens (including phenoxy) is 2. The number of nitrogens with zero attached hydrogens (tertiary/aromatic N) is 1. The molecule has 0 bridgehead atoms. The third kappa shape index (κ3) is 2.88. The van der Waals surface area contributed by atoms with E-state index in [-0.39, 0.29) is 5.56 Å². The number of carboxylic acid groups (broad SMARTS) is 1. The normalized spacial score (nSPS) is 10.6. The Balaban J connectivity index is 2.25. The average Bonchev–Trinajstić information content (AvgIpc) is 2.60. The van der Waals surface area contributed by atoms with Crippen LogP contribution in [0.3, 0.4) is 0 Å². The van der Waals surface area contributed by atoms with Gasteiger partial charge in [0.25, 0.3) is 0 Å². The predicted octanol–water partition coefficient (Wildman–Crippen LogP) is 4.01. The van der Waals surface area contributed by atoms with Crippen molar-refractivity contribution in [1.82, 2.24) is 4.98 Å². The average molecular weight is 323 g/mol. The Kier molecular flexibility index (Phi) is 4.33.